The van der Waals surface area contributed by atoms with Gasteiger partial charge in [0.25, 0.3) is 0 Å². The van der Waals surface area contributed by atoms with E-state index in [0.717, 1.165) is 17.6 Å². The zero-order valence-corrected chi connectivity index (χ0v) is 12.0. The average molecular weight is 319 g/mol. The molecular formula is C11H15BrN2O2S. The Balaban J connectivity index is 2.30. The van der Waals surface area contributed by atoms with Gasteiger partial charge in [-0.1, -0.05) is 22.9 Å². The van der Waals surface area contributed by atoms with E-state index in [2.05, 4.69) is 21.2 Å². The van der Waals surface area contributed by atoms with E-state index in [1.807, 2.05) is 6.92 Å². The summed E-state index contributed by atoms with van der Waals surface area (Å²) >= 11 is 3.30. The van der Waals surface area contributed by atoms with E-state index < -0.39 is 10.0 Å². The van der Waals surface area contributed by atoms with Gasteiger partial charge in [-0.2, -0.15) is 4.31 Å². The summed E-state index contributed by atoms with van der Waals surface area (Å²) in [5.74, 6) is 0. The lowest BCUT2D eigenvalue weighted by Gasteiger charge is -2.36. The van der Waals surface area contributed by atoms with Crippen molar-refractivity contribution in [1.82, 2.24) is 9.62 Å². The van der Waals surface area contributed by atoms with Crippen LogP contribution in [0.15, 0.2) is 33.6 Å². The number of nitrogens with zero attached hydrogens (tertiary/aromatic N) is 1. The smallest absolute Gasteiger partial charge is 0.243 e. The monoisotopic (exact) mass is 318 g/mol. The van der Waals surface area contributed by atoms with Gasteiger partial charge in [0.1, 0.15) is 0 Å². The van der Waals surface area contributed by atoms with Gasteiger partial charge in [-0.25, -0.2) is 8.42 Å². The fraction of sp³-hybridized carbons (Fsp3) is 0.455. The molecule has 6 heteroatoms. The first-order valence-electron chi connectivity index (χ1n) is 5.54. The number of rotatable bonds is 4. The lowest BCUT2D eigenvalue weighted by Crippen LogP contribution is -2.58. The van der Waals surface area contributed by atoms with E-state index in [1.54, 1.807) is 28.6 Å². The maximum Gasteiger partial charge on any atom is 0.243 e. The van der Waals surface area contributed by atoms with Crippen LogP contribution in [0.1, 0.15) is 6.92 Å². The molecule has 0 aliphatic carbocycles. The Kier molecular flexibility index (Phi) is 3.87. The maximum atomic E-state index is 12.4. The van der Waals surface area contributed by atoms with Crippen LogP contribution < -0.4 is 5.32 Å². The predicted molar refractivity (Wildman–Crippen MR) is 70.4 cm³/mol. The second-order valence-electron chi connectivity index (χ2n) is 3.97. The molecule has 0 bridgehead atoms. The minimum Gasteiger partial charge on any atom is -0.313 e. The van der Waals surface area contributed by atoms with Gasteiger partial charge in [0, 0.05) is 30.1 Å². The molecule has 94 valence electrons. The summed E-state index contributed by atoms with van der Waals surface area (Å²) in [5, 5.41) is 3.10. The molecule has 1 aliphatic heterocycles. The van der Waals surface area contributed by atoms with Crippen LogP contribution in [0.4, 0.5) is 0 Å². The molecule has 1 aromatic rings. The number of nitrogens with one attached hydrogen (secondary N) is 1. The molecule has 0 saturated carbocycles. The third kappa shape index (κ3) is 2.54. The summed E-state index contributed by atoms with van der Waals surface area (Å²) in [6.45, 7) is 3.85. The van der Waals surface area contributed by atoms with E-state index in [0.29, 0.717) is 11.4 Å². The van der Waals surface area contributed by atoms with Crippen LogP contribution in [0.25, 0.3) is 0 Å². The van der Waals surface area contributed by atoms with Crippen molar-refractivity contribution in [3.8, 4) is 0 Å². The van der Waals surface area contributed by atoms with Crippen molar-refractivity contribution in [1.29, 1.82) is 0 Å². The first-order valence-corrected chi connectivity index (χ1v) is 7.77. The highest BCUT2D eigenvalue weighted by molar-refractivity contribution is 9.10. The van der Waals surface area contributed by atoms with Gasteiger partial charge in [-0.05, 0) is 24.3 Å². The van der Waals surface area contributed by atoms with E-state index >= 15 is 0 Å². The van der Waals surface area contributed by atoms with Crippen LogP contribution in [-0.2, 0) is 10.0 Å². The number of likely N-dealkylation sites (N-methyl/N-ethyl adjacent to an activating group) is 1. The minimum absolute atomic E-state index is 0.0913. The Morgan fingerprint density at radius 3 is 2.35 bits per heavy atom. The Bertz CT molecular complexity index is 483. The molecule has 1 aliphatic rings. The van der Waals surface area contributed by atoms with Crippen LogP contribution in [0.3, 0.4) is 0 Å². The summed E-state index contributed by atoms with van der Waals surface area (Å²) in [5.41, 5.74) is 0. The number of halogens is 1. The van der Waals surface area contributed by atoms with Crippen molar-refractivity contribution in [2.45, 2.75) is 17.9 Å². The molecule has 1 saturated heterocycles. The zero-order valence-electron chi connectivity index (χ0n) is 9.56. The van der Waals surface area contributed by atoms with E-state index in [1.165, 1.54) is 0 Å². The summed E-state index contributed by atoms with van der Waals surface area (Å²) in [4.78, 5) is 0.356. The molecule has 0 radical (unpaired) electrons. The van der Waals surface area contributed by atoms with Gasteiger partial charge in [0.05, 0.1) is 4.90 Å². The summed E-state index contributed by atoms with van der Waals surface area (Å²) < 4.78 is 27.2. The van der Waals surface area contributed by atoms with Gasteiger partial charge in [0.15, 0.2) is 0 Å². The second-order valence-corrected chi connectivity index (χ2v) is 6.78. The lowest BCUT2D eigenvalue weighted by molar-refractivity contribution is 0.249. The SMILES string of the molecule is CCN(C1CNC1)S(=O)(=O)c1ccc(Br)cc1. The predicted octanol–water partition coefficient (Wildman–Crippen LogP) is 1.43. The number of benzene rings is 1. The van der Waals surface area contributed by atoms with E-state index in [4.69, 9.17) is 0 Å². The van der Waals surface area contributed by atoms with Gasteiger partial charge in [-0.3, -0.25) is 0 Å². The van der Waals surface area contributed by atoms with Crippen molar-refractivity contribution in [3.05, 3.63) is 28.7 Å². The molecular weight excluding hydrogens is 304 g/mol. The summed E-state index contributed by atoms with van der Waals surface area (Å²) in [6, 6.07) is 6.86. The van der Waals surface area contributed by atoms with Gasteiger partial charge in [0.2, 0.25) is 10.0 Å². The van der Waals surface area contributed by atoms with Crippen LogP contribution in [-0.4, -0.2) is 38.4 Å². The number of hydrogen-bond donors (Lipinski definition) is 1. The Morgan fingerprint density at radius 1 is 1.35 bits per heavy atom. The zero-order chi connectivity index (χ0) is 12.5. The molecule has 4 nitrogen and oxygen atoms in total. The highest BCUT2D eigenvalue weighted by Gasteiger charge is 2.33. The normalized spacial score (nSPS) is 17.1. The fourth-order valence-corrected chi connectivity index (χ4v) is 3.74. The molecule has 1 aromatic carbocycles. The highest BCUT2D eigenvalue weighted by atomic mass is 79.9. The standard InChI is InChI=1S/C11H15BrN2O2S/c1-2-14(10-7-13-8-10)17(15,16)11-5-3-9(12)4-6-11/h3-6,10,13H,2,7-8H2,1H3. The Hall–Kier alpha value is -0.430. The highest BCUT2D eigenvalue weighted by Crippen LogP contribution is 2.21. The maximum absolute atomic E-state index is 12.4. The third-order valence-corrected chi connectivity index (χ3v) is 5.47. The van der Waals surface area contributed by atoms with Crippen molar-refractivity contribution in [2.24, 2.45) is 0 Å². The van der Waals surface area contributed by atoms with Crippen molar-refractivity contribution in [2.75, 3.05) is 19.6 Å². The molecule has 0 unspecified atom stereocenters. The Morgan fingerprint density at radius 2 is 1.94 bits per heavy atom. The molecule has 0 amide bonds. The first kappa shape index (κ1) is 13.0. The average Bonchev–Trinajstić information content (AvgIpc) is 2.23. The molecule has 17 heavy (non-hydrogen) atoms. The second kappa shape index (κ2) is 5.06. The van der Waals surface area contributed by atoms with Crippen LogP contribution >= 0.6 is 15.9 Å². The van der Waals surface area contributed by atoms with Gasteiger partial charge >= 0.3 is 0 Å². The molecule has 1 heterocycles. The number of sulfonamides is 1. The fourth-order valence-electron chi connectivity index (χ4n) is 1.84. The minimum atomic E-state index is -3.36. The lowest BCUT2D eigenvalue weighted by atomic mass is 10.2. The largest absolute Gasteiger partial charge is 0.313 e. The molecule has 1 fully saturated rings. The van der Waals surface area contributed by atoms with E-state index in [9.17, 15) is 8.42 Å². The van der Waals surface area contributed by atoms with Crippen molar-refractivity contribution < 1.29 is 8.42 Å². The van der Waals surface area contributed by atoms with Crippen LogP contribution in [0.2, 0.25) is 0 Å². The first-order chi connectivity index (χ1) is 8.05. The van der Waals surface area contributed by atoms with Crippen molar-refractivity contribution in [3.63, 3.8) is 0 Å². The molecule has 0 aromatic heterocycles. The molecule has 0 atom stereocenters. The van der Waals surface area contributed by atoms with E-state index in [-0.39, 0.29) is 6.04 Å². The molecule has 0 spiro atoms. The Labute approximate surface area is 110 Å². The number of hydrogen-bond acceptors (Lipinski definition) is 3. The summed E-state index contributed by atoms with van der Waals surface area (Å²) in [7, 11) is -3.36. The van der Waals surface area contributed by atoms with Crippen molar-refractivity contribution >= 4 is 26.0 Å². The van der Waals surface area contributed by atoms with Gasteiger partial charge < -0.3 is 5.32 Å². The van der Waals surface area contributed by atoms with Crippen LogP contribution in [0, 0.1) is 0 Å². The summed E-state index contributed by atoms with van der Waals surface area (Å²) in [6.07, 6.45) is 0. The van der Waals surface area contributed by atoms with Crippen LogP contribution in [0.5, 0.6) is 0 Å². The topological polar surface area (TPSA) is 49.4 Å². The van der Waals surface area contributed by atoms with Gasteiger partial charge in [-0.15, -0.1) is 0 Å². The third-order valence-electron chi connectivity index (χ3n) is 2.90. The molecule has 1 N–H and O–H groups in total. The quantitative estimate of drug-likeness (QED) is 0.913. The molecule has 2 rings (SSSR count).